The first-order valence-electron chi connectivity index (χ1n) is 8.88. The van der Waals surface area contributed by atoms with E-state index in [9.17, 15) is 0 Å². The predicted octanol–water partition coefficient (Wildman–Crippen LogP) is 0.808. The van der Waals surface area contributed by atoms with Gasteiger partial charge in [-0.05, 0) is 56.4 Å². The molecule has 1 fully saturated rings. The summed E-state index contributed by atoms with van der Waals surface area (Å²) in [5, 5.41) is 0. The Balaban J connectivity index is 1.86. The van der Waals surface area contributed by atoms with Crippen molar-refractivity contribution >= 4 is 0 Å². The van der Waals surface area contributed by atoms with Gasteiger partial charge in [0.15, 0.2) is 0 Å². The van der Waals surface area contributed by atoms with Crippen molar-refractivity contribution in [2.24, 2.45) is 17.3 Å². The van der Waals surface area contributed by atoms with Gasteiger partial charge in [0.05, 0.1) is 26.2 Å². The van der Waals surface area contributed by atoms with Crippen molar-refractivity contribution in [3.8, 4) is 0 Å². The average molecular weight is 280 g/mol. The van der Waals surface area contributed by atoms with Crippen molar-refractivity contribution in [3.63, 3.8) is 0 Å². The Morgan fingerprint density at radius 1 is 1.05 bits per heavy atom. The van der Waals surface area contributed by atoms with Crippen LogP contribution in [0, 0.1) is 17.3 Å². The van der Waals surface area contributed by atoms with Gasteiger partial charge in [0.25, 0.3) is 0 Å². The lowest BCUT2D eigenvalue weighted by molar-refractivity contribution is -0.953. The highest BCUT2D eigenvalue weighted by Crippen LogP contribution is 2.58. The third-order valence-electron chi connectivity index (χ3n) is 6.37. The Kier molecular flexibility index (Phi) is 5.30. The number of fused-ring (bicyclic) bond motifs is 1. The molecule has 0 amide bonds. The van der Waals surface area contributed by atoms with Gasteiger partial charge in [-0.3, -0.25) is 0 Å². The second-order valence-electron chi connectivity index (χ2n) is 7.56. The summed E-state index contributed by atoms with van der Waals surface area (Å²) in [6, 6.07) is 0. The van der Waals surface area contributed by atoms with Crippen LogP contribution < -0.4 is 9.80 Å². The van der Waals surface area contributed by atoms with Crippen molar-refractivity contribution in [1.29, 1.82) is 0 Å². The number of quaternary nitrogens is 2. The molecule has 0 aromatic heterocycles. The maximum absolute atomic E-state index is 2.59. The summed E-state index contributed by atoms with van der Waals surface area (Å²) in [7, 11) is 0. The molecule has 20 heavy (non-hydrogen) atoms. The summed E-state index contributed by atoms with van der Waals surface area (Å²) >= 11 is 0. The molecular formula is C18H36N2+2. The third-order valence-corrected chi connectivity index (χ3v) is 6.37. The molecule has 0 spiro atoms. The van der Waals surface area contributed by atoms with Gasteiger partial charge in [0.2, 0.25) is 0 Å². The van der Waals surface area contributed by atoms with Gasteiger partial charge in [-0.15, -0.1) is 0 Å². The monoisotopic (exact) mass is 280 g/mol. The van der Waals surface area contributed by atoms with Gasteiger partial charge in [-0.2, -0.15) is 0 Å². The number of hydrogen-bond acceptors (Lipinski definition) is 0. The minimum atomic E-state index is 0.590. The molecule has 116 valence electrons. The molecule has 0 saturated heterocycles. The molecule has 0 aromatic carbocycles. The standard InChI is InChI=1S/C18H34N2/c1-6-19(7-2)11-12-20(8-3)14-15-9-10-16-13-17(15)18(16,4)5/h9,16-17H,6-8,10-14H2,1-5H3/p+2/t16-,17-/m0/s1. The van der Waals surface area contributed by atoms with Crippen LogP contribution in [0.5, 0.6) is 0 Å². The molecule has 3 aliphatic carbocycles. The molecule has 2 heteroatoms. The summed E-state index contributed by atoms with van der Waals surface area (Å²) in [5.41, 5.74) is 2.37. The number of allylic oxidation sites excluding steroid dienone is 1. The molecule has 1 saturated carbocycles. The van der Waals surface area contributed by atoms with Crippen LogP contribution in [0.25, 0.3) is 0 Å². The first-order chi connectivity index (χ1) is 9.52. The fraction of sp³-hybridized carbons (Fsp3) is 0.889. The molecule has 0 aliphatic heterocycles. The van der Waals surface area contributed by atoms with Crippen LogP contribution in [-0.2, 0) is 0 Å². The molecule has 2 N–H and O–H groups in total. The van der Waals surface area contributed by atoms with E-state index in [4.69, 9.17) is 0 Å². The molecule has 2 bridgehead atoms. The molecule has 3 aliphatic rings. The summed E-state index contributed by atoms with van der Waals surface area (Å²) in [6.07, 6.45) is 5.40. The Morgan fingerprint density at radius 3 is 2.15 bits per heavy atom. The third kappa shape index (κ3) is 3.12. The summed E-state index contributed by atoms with van der Waals surface area (Å²) < 4.78 is 0. The Labute approximate surface area is 126 Å². The van der Waals surface area contributed by atoms with Crippen molar-refractivity contribution in [2.75, 3.05) is 39.3 Å². The lowest BCUT2D eigenvalue weighted by atomic mass is 9.49. The van der Waals surface area contributed by atoms with Crippen LogP contribution in [0.4, 0.5) is 0 Å². The first-order valence-corrected chi connectivity index (χ1v) is 8.88. The number of nitrogens with one attached hydrogen (secondary N) is 2. The molecule has 3 rings (SSSR count). The highest BCUT2D eigenvalue weighted by atomic mass is 15.2. The zero-order valence-corrected chi connectivity index (χ0v) is 14.4. The van der Waals surface area contributed by atoms with Gasteiger partial charge in [0, 0.05) is 0 Å². The van der Waals surface area contributed by atoms with E-state index in [1.807, 2.05) is 0 Å². The zero-order chi connectivity index (χ0) is 14.8. The predicted molar refractivity (Wildman–Crippen MR) is 86.2 cm³/mol. The first kappa shape index (κ1) is 16.0. The van der Waals surface area contributed by atoms with Gasteiger partial charge < -0.3 is 9.80 Å². The van der Waals surface area contributed by atoms with E-state index in [0.29, 0.717) is 5.41 Å². The van der Waals surface area contributed by atoms with E-state index >= 15 is 0 Å². The normalized spacial score (nSPS) is 29.0. The molecule has 0 heterocycles. The average Bonchev–Trinajstić information content (AvgIpc) is 2.46. The molecule has 0 aromatic rings. The highest BCUT2D eigenvalue weighted by Gasteiger charge is 2.51. The molecule has 3 atom stereocenters. The van der Waals surface area contributed by atoms with Gasteiger partial charge in [0.1, 0.15) is 13.1 Å². The number of hydrogen-bond donors (Lipinski definition) is 2. The summed E-state index contributed by atoms with van der Waals surface area (Å²) in [5.74, 6) is 1.87. The Hall–Kier alpha value is -0.340. The van der Waals surface area contributed by atoms with Crippen LogP contribution in [0.3, 0.4) is 0 Å². The van der Waals surface area contributed by atoms with Crippen LogP contribution in [0.15, 0.2) is 11.6 Å². The molecule has 2 nitrogen and oxygen atoms in total. The maximum atomic E-state index is 2.59. The van der Waals surface area contributed by atoms with Crippen LogP contribution in [0.2, 0.25) is 0 Å². The smallest absolute Gasteiger partial charge is 0.127 e. The molecule has 0 radical (unpaired) electrons. The van der Waals surface area contributed by atoms with Gasteiger partial charge in [-0.1, -0.05) is 19.9 Å². The van der Waals surface area contributed by atoms with Crippen LogP contribution in [-0.4, -0.2) is 39.3 Å². The van der Waals surface area contributed by atoms with Crippen molar-refractivity contribution < 1.29 is 9.80 Å². The fourth-order valence-corrected chi connectivity index (χ4v) is 4.31. The lowest BCUT2D eigenvalue weighted by Gasteiger charge is -2.56. The summed E-state index contributed by atoms with van der Waals surface area (Å²) in [4.78, 5) is 3.54. The fourth-order valence-electron chi connectivity index (χ4n) is 4.31. The number of likely N-dealkylation sites (N-methyl/N-ethyl adjacent to an activating group) is 2. The van der Waals surface area contributed by atoms with Crippen molar-refractivity contribution in [2.45, 2.75) is 47.5 Å². The Morgan fingerprint density at radius 2 is 1.65 bits per heavy atom. The van der Waals surface area contributed by atoms with Crippen LogP contribution in [0.1, 0.15) is 47.5 Å². The Bertz CT molecular complexity index is 341. The maximum Gasteiger partial charge on any atom is 0.127 e. The van der Waals surface area contributed by atoms with Crippen LogP contribution >= 0.6 is 0 Å². The zero-order valence-electron chi connectivity index (χ0n) is 14.4. The van der Waals surface area contributed by atoms with E-state index in [0.717, 1.165) is 11.8 Å². The van der Waals surface area contributed by atoms with E-state index in [-0.39, 0.29) is 0 Å². The molecular weight excluding hydrogens is 244 g/mol. The topological polar surface area (TPSA) is 8.88 Å². The van der Waals surface area contributed by atoms with E-state index in [2.05, 4.69) is 40.7 Å². The second-order valence-corrected chi connectivity index (χ2v) is 7.56. The largest absolute Gasteiger partial charge is 0.331 e. The van der Waals surface area contributed by atoms with Crippen molar-refractivity contribution in [1.82, 2.24) is 0 Å². The molecule has 1 unspecified atom stereocenters. The minimum Gasteiger partial charge on any atom is -0.331 e. The van der Waals surface area contributed by atoms with Gasteiger partial charge >= 0.3 is 0 Å². The van der Waals surface area contributed by atoms with E-state index < -0.39 is 0 Å². The highest BCUT2D eigenvalue weighted by molar-refractivity contribution is 5.23. The number of rotatable bonds is 8. The SMILES string of the molecule is CC[NH+](CC)CC[NH+](CC)CC1=CC[C@H]2C[C@@H]1C2(C)C. The van der Waals surface area contributed by atoms with Gasteiger partial charge in [-0.25, -0.2) is 0 Å². The minimum absolute atomic E-state index is 0.590. The lowest BCUT2D eigenvalue weighted by Crippen LogP contribution is -3.20. The quantitative estimate of drug-likeness (QED) is 0.609. The van der Waals surface area contributed by atoms with E-state index in [1.54, 1.807) is 15.4 Å². The van der Waals surface area contributed by atoms with Crippen molar-refractivity contribution in [3.05, 3.63) is 11.6 Å². The second kappa shape index (κ2) is 6.62. The summed E-state index contributed by atoms with van der Waals surface area (Å²) in [6.45, 7) is 19.7. The van der Waals surface area contributed by atoms with E-state index in [1.165, 1.54) is 52.1 Å².